The number of anilines is 1. The van der Waals surface area contributed by atoms with E-state index in [9.17, 15) is 4.79 Å². The normalized spacial score (nSPS) is 9.44. The highest BCUT2D eigenvalue weighted by Crippen LogP contribution is 2.22. The van der Waals surface area contributed by atoms with Gasteiger partial charge in [-0.3, -0.25) is 5.32 Å². The van der Waals surface area contributed by atoms with Gasteiger partial charge in [-0.1, -0.05) is 23.2 Å². The first-order valence-electron chi connectivity index (χ1n) is 4.13. The molecule has 0 radical (unpaired) electrons. The molecule has 0 bridgehead atoms. The Morgan fingerprint density at radius 1 is 1.31 bits per heavy atom. The van der Waals surface area contributed by atoms with E-state index in [1.807, 2.05) is 0 Å². The first-order chi connectivity index (χ1) is 7.51. The Kier molecular flexibility index (Phi) is 4.79. The van der Waals surface area contributed by atoms with Crippen molar-refractivity contribution in [3.8, 4) is 0 Å². The van der Waals surface area contributed by atoms with Crippen molar-refractivity contribution < 1.29 is 9.53 Å². The third-order valence-electron chi connectivity index (χ3n) is 1.52. The second-order valence-corrected chi connectivity index (χ2v) is 4.01. The lowest BCUT2D eigenvalue weighted by Gasteiger charge is -2.09. The van der Waals surface area contributed by atoms with E-state index in [1.165, 1.54) is 7.11 Å². The predicted molar refractivity (Wildman–Crippen MR) is 68.2 cm³/mol. The van der Waals surface area contributed by atoms with Gasteiger partial charge in [0.05, 0.1) is 7.11 Å². The van der Waals surface area contributed by atoms with Crippen LogP contribution in [-0.4, -0.2) is 18.3 Å². The summed E-state index contributed by atoms with van der Waals surface area (Å²) in [5.41, 5.74) is 0.582. The smallest absolute Gasteiger partial charge is 0.413 e. The van der Waals surface area contributed by atoms with Gasteiger partial charge in [-0.05, 0) is 30.4 Å². The van der Waals surface area contributed by atoms with Crippen LogP contribution >= 0.6 is 35.4 Å². The Bertz CT molecular complexity index is 406. The van der Waals surface area contributed by atoms with E-state index >= 15 is 0 Å². The van der Waals surface area contributed by atoms with Crippen LogP contribution in [0.2, 0.25) is 10.0 Å². The van der Waals surface area contributed by atoms with Crippen LogP contribution in [0.5, 0.6) is 0 Å². The molecule has 0 aliphatic heterocycles. The fourth-order valence-electron chi connectivity index (χ4n) is 0.932. The minimum Gasteiger partial charge on any atom is -0.453 e. The van der Waals surface area contributed by atoms with Crippen LogP contribution in [0.4, 0.5) is 10.5 Å². The maximum absolute atomic E-state index is 10.8. The quantitative estimate of drug-likeness (QED) is 0.776. The van der Waals surface area contributed by atoms with E-state index in [-0.39, 0.29) is 5.11 Å². The van der Waals surface area contributed by atoms with Crippen LogP contribution in [0, 0.1) is 0 Å². The van der Waals surface area contributed by atoms with Crippen LogP contribution < -0.4 is 10.6 Å². The number of alkyl carbamates (subject to hydrolysis) is 1. The fourth-order valence-corrected chi connectivity index (χ4v) is 1.66. The monoisotopic (exact) mass is 278 g/mol. The summed E-state index contributed by atoms with van der Waals surface area (Å²) in [7, 11) is 1.24. The highest BCUT2D eigenvalue weighted by atomic mass is 35.5. The molecule has 16 heavy (non-hydrogen) atoms. The lowest BCUT2D eigenvalue weighted by molar-refractivity contribution is 0.177. The number of halogens is 2. The molecular weight excluding hydrogens is 271 g/mol. The van der Waals surface area contributed by atoms with Crippen molar-refractivity contribution in [2.45, 2.75) is 0 Å². The number of rotatable bonds is 1. The molecule has 4 nitrogen and oxygen atoms in total. The zero-order chi connectivity index (χ0) is 12.1. The van der Waals surface area contributed by atoms with Crippen molar-refractivity contribution in [2.75, 3.05) is 12.4 Å². The Hall–Kier alpha value is -1.04. The van der Waals surface area contributed by atoms with Gasteiger partial charge in [0.15, 0.2) is 5.11 Å². The Labute approximate surface area is 108 Å². The van der Waals surface area contributed by atoms with Gasteiger partial charge in [-0.25, -0.2) is 4.79 Å². The van der Waals surface area contributed by atoms with Crippen molar-refractivity contribution in [1.29, 1.82) is 0 Å². The molecule has 86 valence electrons. The number of nitrogens with one attached hydrogen (secondary N) is 2. The predicted octanol–water partition coefficient (Wildman–Crippen LogP) is 3.05. The Balaban J connectivity index is 2.66. The van der Waals surface area contributed by atoms with Crippen LogP contribution in [0.3, 0.4) is 0 Å². The molecule has 1 rings (SSSR count). The lowest BCUT2D eigenvalue weighted by atomic mass is 10.3. The van der Waals surface area contributed by atoms with Crippen molar-refractivity contribution in [3.05, 3.63) is 28.2 Å². The molecule has 0 aromatic heterocycles. The van der Waals surface area contributed by atoms with E-state index in [2.05, 4.69) is 15.4 Å². The molecule has 0 aliphatic carbocycles. The lowest BCUT2D eigenvalue weighted by Crippen LogP contribution is -2.33. The summed E-state index contributed by atoms with van der Waals surface area (Å²) in [6.45, 7) is 0. The van der Waals surface area contributed by atoms with Crippen LogP contribution in [0.25, 0.3) is 0 Å². The molecular formula is C9H8Cl2N2O2S. The van der Waals surface area contributed by atoms with Gasteiger partial charge in [-0.2, -0.15) is 0 Å². The second-order valence-electron chi connectivity index (χ2n) is 2.73. The van der Waals surface area contributed by atoms with E-state index in [4.69, 9.17) is 35.4 Å². The zero-order valence-corrected chi connectivity index (χ0v) is 10.5. The summed E-state index contributed by atoms with van der Waals surface area (Å²) in [5.74, 6) is 0. The largest absolute Gasteiger partial charge is 0.453 e. The number of amides is 1. The van der Waals surface area contributed by atoms with Gasteiger partial charge >= 0.3 is 6.09 Å². The zero-order valence-electron chi connectivity index (χ0n) is 8.21. The third-order valence-corrected chi connectivity index (χ3v) is 2.16. The molecule has 7 heteroatoms. The molecule has 0 saturated carbocycles. The van der Waals surface area contributed by atoms with E-state index in [0.29, 0.717) is 15.7 Å². The van der Waals surface area contributed by atoms with Crippen LogP contribution in [-0.2, 0) is 4.74 Å². The molecule has 0 heterocycles. The summed E-state index contributed by atoms with van der Waals surface area (Å²) in [4.78, 5) is 10.8. The molecule has 0 unspecified atom stereocenters. The van der Waals surface area contributed by atoms with E-state index in [0.717, 1.165) is 0 Å². The van der Waals surface area contributed by atoms with Gasteiger partial charge in [0, 0.05) is 15.7 Å². The van der Waals surface area contributed by atoms with Gasteiger partial charge in [0.1, 0.15) is 0 Å². The molecule has 0 aliphatic rings. The molecule has 1 amide bonds. The maximum Gasteiger partial charge on any atom is 0.413 e. The maximum atomic E-state index is 10.8. The van der Waals surface area contributed by atoms with Gasteiger partial charge < -0.3 is 10.1 Å². The van der Waals surface area contributed by atoms with Crippen molar-refractivity contribution in [3.63, 3.8) is 0 Å². The Morgan fingerprint density at radius 3 is 2.38 bits per heavy atom. The SMILES string of the molecule is COC(=O)NC(=S)Nc1cc(Cl)cc(Cl)c1. The number of methoxy groups -OCH3 is 1. The van der Waals surface area contributed by atoms with Gasteiger partial charge in [0.25, 0.3) is 0 Å². The number of benzene rings is 1. The molecule has 0 fully saturated rings. The minimum atomic E-state index is -0.648. The average molecular weight is 279 g/mol. The number of carbonyl (C=O) groups is 1. The molecule has 1 aromatic carbocycles. The number of hydrogen-bond acceptors (Lipinski definition) is 3. The van der Waals surface area contributed by atoms with Crippen molar-refractivity contribution in [2.24, 2.45) is 0 Å². The van der Waals surface area contributed by atoms with Crippen LogP contribution in [0.1, 0.15) is 0 Å². The minimum absolute atomic E-state index is 0.102. The number of thiocarbonyl (C=S) groups is 1. The molecule has 0 atom stereocenters. The second kappa shape index (κ2) is 5.89. The number of ether oxygens (including phenoxy) is 1. The van der Waals surface area contributed by atoms with Crippen molar-refractivity contribution >= 4 is 52.3 Å². The van der Waals surface area contributed by atoms with Gasteiger partial charge in [-0.15, -0.1) is 0 Å². The van der Waals surface area contributed by atoms with E-state index in [1.54, 1.807) is 18.2 Å². The standard InChI is InChI=1S/C9H8Cl2N2O2S/c1-15-9(14)13-8(16)12-7-3-5(10)2-6(11)4-7/h2-4H,1H3,(H2,12,13,14,16). The summed E-state index contributed by atoms with van der Waals surface area (Å²) >= 11 is 16.4. The highest BCUT2D eigenvalue weighted by molar-refractivity contribution is 7.80. The molecule has 1 aromatic rings. The van der Waals surface area contributed by atoms with Crippen molar-refractivity contribution in [1.82, 2.24) is 5.32 Å². The summed E-state index contributed by atoms with van der Waals surface area (Å²) in [6, 6.07) is 4.84. The summed E-state index contributed by atoms with van der Waals surface area (Å²) < 4.78 is 4.38. The van der Waals surface area contributed by atoms with E-state index < -0.39 is 6.09 Å². The average Bonchev–Trinajstić information content (AvgIpc) is 2.15. The van der Waals surface area contributed by atoms with Gasteiger partial charge in [0.2, 0.25) is 0 Å². The highest BCUT2D eigenvalue weighted by Gasteiger charge is 2.04. The first-order valence-corrected chi connectivity index (χ1v) is 5.29. The third kappa shape index (κ3) is 4.22. The molecule has 0 spiro atoms. The molecule has 0 saturated heterocycles. The number of carbonyl (C=O) groups excluding carboxylic acids is 1. The van der Waals surface area contributed by atoms with Crippen LogP contribution in [0.15, 0.2) is 18.2 Å². The summed E-state index contributed by atoms with van der Waals surface area (Å²) in [5, 5.41) is 6.07. The topological polar surface area (TPSA) is 50.4 Å². The Morgan fingerprint density at radius 2 is 1.88 bits per heavy atom. The molecule has 2 N–H and O–H groups in total. The summed E-state index contributed by atoms with van der Waals surface area (Å²) in [6.07, 6.45) is -0.648. The number of hydrogen-bond donors (Lipinski definition) is 2. The first kappa shape index (κ1) is 13.0. The fraction of sp³-hybridized carbons (Fsp3) is 0.111.